The number of hydrogen-bond donors (Lipinski definition) is 0. The van der Waals surface area contributed by atoms with Gasteiger partial charge in [0.25, 0.3) is 5.56 Å². The lowest BCUT2D eigenvalue weighted by atomic mass is 9.98. The number of nitrogens with zero attached hydrogens (tertiary/aromatic N) is 2. The number of rotatable bonds is 3. The molecule has 2 heterocycles. The highest BCUT2D eigenvalue weighted by Crippen LogP contribution is 2.25. The summed E-state index contributed by atoms with van der Waals surface area (Å²) in [4.78, 5) is 15.3. The van der Waals surface area contributed by atoms with Gasteiger partial charge in [0.1, 0.15) is 0 Å². The van der Waals surface area contributed by atoms with E-state index in [-0.39, 0.29) is 5.56 Å². The molecule has 1 aromatic heterocycles. The highest BCUT2D eigenvalue weighted by Gasteiger charge is 2.21. The lowest BCUT2D eigenvalue weighted by molar-refractivity contribution is 0.240. The van der Waals surface area contributed by atoms with Crippen LogP contribution in [0.15, 0.2) is 59.4 Å². The number of fused-ring (bicyclic) bond motifs is 1. The Morgan fingerprint density at radius 1 is 1.00 bits per heavy atom. The molecule has 0 saturated carbocycles. The van der Waals surface area contributed by atoms with Crippen molar-refractivity contribution in [2.45, 2.75) is 33.4 Å². The molecule has 0 amide bonds. The van der Waals surface area contributed by atoms with E-state index in [1.807, 2.05) is 41.9 Å². The van der Waals surface area contributed by atoms with E-state index < -0.39 is 0 Å². The summed E-state index contributed by atoms with van der Waals surface area (Å²) in [5.74, 6) is 0. The third-order valence-electron chi connectivity index (χ3n) is 5.67. The predicted octanol–water partition coefficient (Wildman–Crippen LogP) is 4.23. The first-order valence-electron chi connectivity index (χ1n) is 9.58. The Kier molecular flexibility index (Phi) is 4.71. The van der Waals surface area contributed by atoms with Crippen LogP contribution in [0, 0.1) is 13.8 Å². The molecule has 3 aromatic rings. The van der Waals surface area contributed by atoms with Crippen molar-refractivity contribution in [1.82, 2.24) is 9.47 Å². The van der Waals surface area contributed by atoms with E-state index in [4.69, 9.17) is 0 Å². The van der Waals surface area contributed by atoms with Gasteiger partial charge in [-0.25, -0.2) is 0 Å². The summed E-state index contributed by atoms with van der Waals surface area (Å²) in [5, 5.41) is 0. The molecule has 1 aliphatic heterocycles. The van der Waals surface area contributed by atoms with Gasteiger partial charge in [0, 0.05) is 44.4 Å². The van der Waals surface area contributed by atoms with E-state index in [0.29, 0.717) is 0 Å². The molecule has 3 heteroatoms. The lowest BCUT2D eigenvalue weighted by Gasteiger charge is -2.31. The van der Waals surface area contributed by atoms with Crippen LogP contribution in [0.4, 0.5) is 0 Å². The SMILES string of the molecule is Cc1ccc(C)c(CN2CCc3c(cc(-c4ccccc4)c(=O)n3C)C2)c1. The lowest BCUT2D eigenvalue weighted by Crippen LogP contribution is -2.35. The van der Waals surface area contributed by atoms with Crippen molar-refractivity contribution >= 4 is 0 Å². The average Bonchev–Trinajstić information content (AvgIpc) is 2.68. The molecule has 0 saturated heterocycles. The second kappa shape index (κ2) is 7.16. The Bertz CT molecular complexity index is 1030. The van der Waals surface area contributed by atoms with E-state index in [0.717, 1.165) is 37.2 Å². The van der Waals surface area contributed by atoms with Crippen LogP contribution in [0.3, 0.4) is 0 Å². The topological polar surface area (TPSA) is 25.2 Å². The van der Waals surface area contributed by atoms with Crippen molar-refractivity contribution in [3.8, 4) is 11.1 Å². The van der Waals surface area contributed by atoms with Gasteiger partial charge in [-0.2, -0.15) is 0 Å². The smallest absolute Gasteiger partial charge is 0.258 e. The Hall–Kier alpha value is -2.65. The van der Waals surface area contributed by atoms with Crippen molar-refractivity contribution < 1.29 is 0 Å². The van der Waals surface area contributed by atoms with E-state index in [9.17, 15) is 4.79 Å². The number of benzene rings is 2. The average molecular weight is 358 g/mol. The molecular weight excluding hydrogens is 332 g/mol. The quantitative estimate of drug-likeness (QED) is 0.700. The van der Waals surface area contributed by atoms with Gasteiger partial charge in [-0.1, -0.05) is 54.1 Å². The molecule has 138 valence electrons. The van der Waals surface area contributed by atoms with Gasteiger partial charge < -0.3 is 4.57 Å². The second-order valence-corrected chi connectivity index (χ2v) is 7.65. The highest BCUT2D eigenvalue weighted by molar-refractivity contribution is 5.63. The number of pyridine rings is 1. The molecule has 2 aromatic carbocycles. The Labute approximate surface area is 160 Å². The Morgan fingerprint density at radius 2 is 1.78 bits per heavy atom. The Morgan fingerprint density at radius 3 is 2.56 bits per heavy atom. The largest absolute Gasteiger partial charge is 0.315 e. The van der Waals surface area contributed by atoms with Gasteiger partial charge >= 0.3 is 0 Å². The molecule has 27 heavy (non-hydrogen) atoms. The summed E-state index contributed by atoms with van der Waals surface area (Å²) >= 11 is 0. The molecule has 4 rings (SSSR count). The minimum absolute atomic E-state index is 0.0999. The summed E-state index contributed by atoms with van der Waals surface area (Å²) in [6.45, 7) is 7.16. The molecule has 0 fully saturated rings. The molecule has 3 nitrogen and oxygen atoms in total. The monoisotopic (exact) mass is 358 g/mol. The van der Waals surface area contributed by atoms with Crippen LogP contribution in [0.5, 0.6) is 0 Å². The molecule has 1 aliphatic rings. The minimum Gasteiger partial charge on any atom is -0.315 e. The van der Waals surface area contributed by atoms with Gasteiger partial charge in [0.05, 0.1) is 0 Å². The minimum atomic E-state index is 0.0999. The first-order chi connectivity index (χ1) is 13.0. The van der Waals surface area contributed by atoms with E-state index in [1.54, 1.807) is 0 Å². The Balaban J connectivity index is 1.67. The van der Waals surface area contributed by atoms with Crippen molar-refractivity contribution in [3.05, 3.63) is 92.9 Å². The first kappa shape index (κ1) is 17.7. The zero-order chi connectivity index (χ0) is 19.0. The summed E-state index contributed by atoms with van der Waals surface area (Å²) in [7, 11) is 1.91. The fourth-order valence-electron chi connectivity index (χ4n) is 4.06. The fraction of sp³-hybridized carbons (Fsp3) is 0.292. The predicted molar refractivity (Wildman–Crippen MR) is 111 cm³/mol. The van der Waals surface area contributed by atoms with Crippen LogP contribution in [0.1, 0.15) is 27.9 Å². The maximum absolute atomic E-state index is 12.8. The van der Waals surface area contributed by atoms with E-state index in [1.165, 1.54) is 27.9 Å². The first-order valence-corrected chi connectivity index (χ1v) is 9.58. The summed E-state index contributed by atoms with van der Waals surface area (Å²) in [6, 6.07) is 18.8. The molecule has 0 radical (unpaired) electrons. The van der Waals surface area contributed by atoms with Crippen molar-refractivity contribution in [3.63, 3.8) is 0 Å². The molecule has 0 spiro atoms. The standard InChI is InChI=1S/C24H26N2O/c1-17-9-10-18(2)20(13-17)15-26-12-11-23-21(16-26)14-22(24(27)25(23)3)19-7-5-4-6-8-19/h4-10,13-14H,11-12,15-16H2,1-3H3. The van der Waals surface area contributed by atoms with Crippen molar-refractivity contribution in [2.75, 3.05) is 6.54 Å². The molecule has 0 aliphatic carbocycles. The third-order valence-corrected chi connectivity index (χ3v) is 5.67. The molecule has 0 atom stereocenters. The van der Waals surface area contributed by atoms with Crippen LogP contribution >= 0.6 is 0 Å². The molecule has 0 unspecified atom stereocenters. The fourth-order valence-corrected chi connectivity index (χ4v) is 4.06. The second-order valence-electron chi connectivity index (χ2n) is 7.65. The van der Waals surface area contributed by atoms with Crippen LogP contribution in [-0.2, 0) is 26.6 Å². The maximum atomic E-state index is 12.8. The number of aromatic nitrogens is 1. The van der Waals surface area contributed by atoms with E-state index in [2.05, 4.69) is 43.0 Å². The van der Waals surface area contributed by atoms with Crippen LogP contribution in [-0.4, -0.2) is 16.0 Å². The maximum Gasteiger partial charge on any atom is 0.258 e. The molecule has 0 N–H and O–H groups in total. The van der Waals surface area contributed by atoms with Gasteiger partial charge in [-0.15, -0.1) is 0 Å². The van der Waals surface area contributed by atoms with E-state index >= 15 is 0 Å². The summed E-state index contributed by atoms with van der Waals surface area (Å²) < 4.78 is 1.85. The van der Waals surface area contributed by atoms with Gasteiger partial charge in [0.15, 0.2) is 0 Å². The van der Waals surface area contributed by atoms with Gasteiger partial charge in [0.2, 0.25) is 0 Å². The normalized spacial score (nSPS) is 14.2. The highest BCUT2D eigenvalue weighted by atomic mass is 16.1. The number of aryl methyl sites for hydroxylation is 2. The summed E-state index contributed by atoms with van der Waals surface area (Å²) in [5.41, 5.74) is 8.38. The van der Waals surface area contributed by atoms with Crippen LogP contribution in [0.2, 0.25) is 0 Å². The third kappa shape index (κ3) is 3.47. The van der Waals surface area contributed by atoms with Crippen LogP contribution < -0.4 is 5.56 Å². The zero-order valence-corrected chi connectivity index (χ0v) is 16.3. The van der Waals surface area contributed by atoms with Crippen molar-refractivity contribution in [2.24, 2.45) is 7.05 Å². The van der Waals surface area contributed by atoms with Crippen LogP contribution in [0.25, 0.3) is 11.1 Å². The molecular formula is C24H26N2O. The van der Waals surface area contributed by atoms with Gasteiger partial charge in [-0.05, 0) is 42.2 Å². The number of hydrogen-bond acceptors (Lipinski definition) is 2. The summed E-state index contributed by atoms with van der Waals surface area (Å²) in [6.07, 6.45) is 0.918. The molecule has 0 bridgehead atoms. The zero-order valence-electron chi connectivity index (χ0n) is 16.3. The van der Waals surface area contributed by atoms with Gasteiger partial charge in [-0.3, -0.25) is 9.69 Å². The van der Waals surface area contributed by atoms with Crippen molar-refractivity contribution in [1.29, 1.82) is 0 Å².